The van der Waals surface area contributed by atoms with Gasteiger partial charge in [0.05, 0.1) is 22.5 Å². The number of anilines is 2. The Balaban J connectivity index is 1.76. The Morgan fingerprint density at radius 2 is 1.42 bits per heavy atom. The van der Waals surface area contributed by atoms with Crippen LogP contribution in [0, 0.1) is 17.3 Å². The van der Waals surface area contributed by atoms with Crippen molar-refractivity contribution in [2.24, 2.45) is 22.2 Å². The van der Waals surface area contributed by atoms with Gasteiger partial charge in [0.1, 0.15) is 5.76 Å². The molecule has 0 spiro atoms. The third kappa shape index (κ3) is 5.26. The van der Waals surface area contributed by atoms with Crippen LogP contribution in [0.25, 0.3) is 5.57 Å². The first-order valence-electron chi connectivity index (χ1n) is 17.5. The fourth-order valence-electron chi connectivity index (χ4n) is 7.67. The molecule has 258 valence electrons. The summed E-state index contributed by atoms with van der Waals surface area (Å²) >= 11 is 0. The lowest BCUT2D eigenvalue weighted by atomic mass is 9.73. The highest BCUT2D eigenvalue weighted by molar-refractivity contribution is 6.42. The maximum Gasteiger partial charge on any atom is 0.248 e. The molecular formula is C40H54N4O4. The number of allylic oxidation sites excluding steroid dienone is 6. The molecule has 8 heteroatoms. The molecule has 1 fully saturated rings. The predicted molar refractivity (Wildman–Crippen MR) is 195 cm³/mol. The van der Waals surface area contributed by atoms with Gasteiger partial charge in [-0.3, -0.25) is 14.4 Å². The lowest BCUT2D eigenvalue weighted by Gasteiger charge is -2.34. The van der Waals surface area contributed by atoms with Crippen LogP contribution >= 0.6 is 0 Å². The van der Waals surface area contributed by atoms with Crippen molar-refractivity contribution in [3.8, 4) is 0 Å². The van der Waals surface area contributed by atoms with E-state index in [2.05, 4.69) is 89.3 Å². The highest BCUT2D eigenvalue weighted by Gasteiger charge is 2.49. The van der Waals surface area contributed by atoms with Gasteiger partial charge in [-0.15, -0.1) is 0 Å². The maximum absolute atomic E-state index is 14.4. The standard InChI is InChI=1S/C40H54N4O4/c1-19(2)37(47)41-29-17-31-27(39(11,12)23(9)43(31)21(5)6)15-25(29)33-35(45)34(36(33)46)26-16-28-32(18-30(26)42-38(48)20(3)4)44(22(7)8)24(10)40(28,13)14/h15-24,45H,1-14H3,(H,41,47)/b34-26+,42-30?. The second kappa shape index (κ2) is 11.9. The van der Waals surface area contributed by atoms with Gasteiger partial charge in [-0.25, -0.2) is 4.99 Å². The van der Waals surface area contributed by atoms with Crippen molar-refractivity contribution >= 4 is 40.3 Å². The molecule has 0 radical (unpaired) electrons. The number of likely N-dealkylation sites (tertiary alicyclic amines) is 1. The van der Waals surface area contributed by atoms with E-state index >= 15 is 0 Å². The topological polar surface area (TPSA) is 102 Å². The lowest BCUT2D eigenvalue weighted by molar-refractivity contribution is -0.120. The number of ketones is 1. The van der Waals surface area contributed by atoms with E-state index in [9.17, 15) is 19.5 Å². The number of Topliss-reactive ketones (excluding diaryl/α,β-unsaturated/α-hetero) is 1. The molecule has 1 aromatic rings. The SMILES string of the molecule is CC(C)C(=O)N=C1C=C2C(=C/C1=C1\C(=O)C(c3cc4c(cc3NC(=O)C(C)C)N(C(C)C)C(C)C4(C)C)=C1O)C(C)(C)C(C)N2C(C)C. The number of benzene rings is 1. The van der Waals surface area contributed by atoms with Crippen LogP contribution in [0.4, 0.5) is 11.4 Å². The normalized spacial score (nSPS) is 25.3. The summed E-state index contributed by atoms with van der Waals surface area (Å²) in [7, 11) is 0. The Hall–Kier alpha value is -3.94. The molecule has 0 aromatic heterocycles. The molecular weight excluding hydrogens is 600 g/mol. The van der Waals surface area contributed by atoms with Crippen molar-refractivity contribution in [1.29, 1.82) is 0 Å². The monoisotopic (exact) mass is 654 g/mol. The summed E-state index contributed by atoms with van der Waals surface area (Å²) in [5, 5.41) is 14.9. The van der Waals surface area contributed by atoms with E-state index in [1.54, 1.807) is 13.8 Å². The summed E-state index contributed by atoms with van der Waals surface area (Å²) in [5.41, 5.74) is 5.72. The summed E-state index contributed by atoms with van der Waals surface area (Å²) in [5.74, 6) is -1.57. The second-order valence-corrected chi connectivity index (χ2v) is 16.3. The van der Waals surface area contributed by atoms with Crippen LogP contribution in [0.1, 0.15) is 108 Å². The van der Waals surface area contributed by atoms with Crippen LogP contribution in [-0.2, 0) is 19.8 Å². The van der Waals surface area contributed by atoms with E-state index in [1.165, 1.54) is 0 Å². The van der Waals surface area contributed by atoms with Gasteiger partial charge in [-0.2, -0.15) is 0 Å². The molecule has 2 amide bonds. The second-order valence-electron chi connectivity index (χ2n) is 16.3. The molecule has 0 saturated carbocycles. The molecule has 2 aliphatic heterocycles. The van der Waals surface area contributed by atoms with Crippen LogP contribution in [0.2, 0.25) is 0 Å². The molecule has 2 N–H and O–H groups in total. The first-order valence-corrected chi connectivity index (χ1v) is 17.5. The van der Waals surface area contributed by atoms with Crippen LogP contribution in [0.3, 0.4) is 0 Å². The number of fused-ring (bicyclic) bond motifs is 2. The Kier molecular flexibility index (Phi) is 8.76. The van der Waals surface area contributed by atoms with E-state index in [0.717, 1.165) is 22.5 Å². The number of nitrogens with one attached hydrogen (secondary N) is 1. The number of carbonyl (C=O) groups excluding carboxylic acids is 3. The Morgan fingerprint density at radius 3 is 1.94 bits per heavy atom. The van der Waals surface area contributed by atoms with Crippen molar-refractivity contribution in [3.05, 3.63) is 63.6 Å². The summed E-state index contributed by atoms with van der Waals surface area (Å²) in [6.07, 6.45) is 3.87. The highest BCUT2D eigenvalue weighted by Crippen LogP contribution is 2.53. The van der Waals surface area contributed by atoms with Gasteiger partial charge in [0, 0.05) is 69.4 Å². The van der Waals surface area contributed by atoms with E-state index in [-0.39, 0.29) is 81.3 Å². The van der Waals surface area contributed by atoms with Crippen molar-refractivity contribution in [3.63, 3.8) is 0 Å². The van der Waals surface area contributed by atoms with Crippen LogP contribution in [0.5, 0.6) is 0 Å². The Morgan fingerprint density at radius 1 is 0.833 bits per heavy atom. The smallest absolute Gasteiger partial charge is 0.248 e. The van der Waals surface area contributed by atoms with Gasteiger partial charge in [-0.1, -0.05) is 55.4 Å². The Bertz CT molecular complexity index is 1760. The van der Waals surface area contributed by atoms with E-state index in [4.69, 9.17) is 0 Å². The average molecular weight is 655 g/mol. The fraction of sp³-hybridized carbons (Fsp3) is 0.550. The number of rotatable bonds is 6. The summed E-state index contributed by atoms with van der Waals surface area (Å²) < 4.78 is 0. The fourth-order valence-corrected chi connectivity index (χ4v) is 7.67. The first kappa shape index (κ1) is 35.4. The van der Waals surface area contributed by atoms with Gasteiger partial charge in [0.2, 0.25) is 17.6 Å². The third-order valence-corrected chi connectivity index (χ3v) is 11.2. The van der Waals surface area contributed by atoms with Gasteiger partial charge < -0.3 is 20.2 Å². The maximum atomic E-state index is 14.4. The number of hydrogen-bond donors (Lipinski definition) is 2. The molecule has 48 heavy (non-hydrogen) atoms. The number of aliphatic hydroxyl groups excluding tert-OH is 1. The lowest BCUT2D eigenvalue weighted by Crippen LogP contribution is -2.42. The molecule has 2 unspecified atom stereocenters. The third-order valence-electron chi connectivity index (χ3n) is 11.2. The minimum Gasteiger partial charge on any atom is -0.506 e. The Labute approximate surface area is 286 Å². The minimum atomic E-state index is -0.338. The number of hydrogen-bond acceptors (Lipinski definition) is 6. The quantitative estimate of drug-likeness (QED) is 0.302. The molecule has 8 nitrogen and oxygen atoms in total. The highest BCUT2D eigenvalue weighted by atomic mass is 16.3. The predicted octanol–water partition coefficient (Wildman–Crippen LogP) is 7.91. The van der Waals surface area contributed by atoms with E-state index in [1.807, 2.05) is 38.1 Å². The number of aliphatic imine (C=N–C) groups is 1. The van der Waals surface area contributed by atoms with Crippen molar-refractivity contribution in [1.82, 2.24) is 4.90 Å². The minimum absolute atomic E-state index is 0.146. The van der Waals surface area contributed by atoms with Crippen LogP contribution in [0.15, 0.2) is 57.5 Å². The van der Waals surface area contributed by atoms with E-state index in [0.29, 0.717) is 22.5 Å². The van der Waals surface area contributed by atoms with Crippen molar-refractivity contribution in [2.45, 2.75) is 127 Å². The molecule has 2 heterocycles. The zero-order valence-electron chi connectivity index (χ0n) is 31.3. The zero-order chi connectivity index (χ0) is 35.9. The van der Waals surface area contributed by atoms with Crippen LogP contribution < -0.4 is 10.2 Å². The van der Waals surface area contributed by atoms with Gasteiger partial charge >= 0.3 is 0 Å². The summed E-state index contributed by atoms with van der Waals surface area (Å²) in [6.45, 7) is 29.0. The van der Waals surface area contributed by atoms with Crippen LogP contribution in [-0.4, -0.2) is 57.5 Å². The largest absolute Gasteiger partial charge is 0.506 e. The molecule has 1 saturated heterocycles. The van der Waals surface area contributed by atoms with Crippen molar-refractivity contribution in [2.75, 3.05) is 10.2 Å². The molecule has 2 aliphatic carbocycles. The molecule has 5 rings (SSSR count). The first-order chi connectivity index (χ1) is 22.1. The van der Waals surface area contributed by atoms with Gasteiger partial charge in [-0.05, 0) is 77.0 Å². The summed E-state index contributed by atoms with van der Waals surface area (Å²) in [4.78, 5) is 49.7. The summed E-state index contributed by atoms with van der Waals surface area (Å²) in [6, 6.07) is 4.69. The molecule has 4 aliphatic rings. The number of nitrogens with zero attached hydrogens (tertiary/aromatic N) is 3. The number of aliphatic hydroxyl groups is 1. The van der Waals surface area contributed by atoms with E-state index < -0.39 is 0 Å². The van der Waals surface area contributed by atoms with Gasteiger partial charge in [0.15, 0.2) is 0 Å². The zero-order valence-corrected chi connectivity index (χ0v) is 31.3. The molecule has 2 atom stereocenters. The van der Waals surface area contributed by atoms with Crippen molar-refractivity contribution < 1.29 is 19.5 Å². The van der Waals surface area contributed by atoms with Gasteiger partial charge in [0.25, 0.3) is 0 Å². The number of amides is 2. The average Bonchev–Trinajstić information content (AvgIpc) is 3.29. The molecule has 0 bridgehead atoms. The molecule has 1 aromatic carbocycles. The number of carbonyl (C=O) groups is 3.